The largest absolute Gasteiger partial charge is 0.490 e. The average molecular weight is 645 g/mol. The highest BCUT2D eigenvalue weighted by Gasteiger charge is 2.36. The van der Waals surface area contributed by atoms with Crippen LogP contribution in [0, 0.1) is 0 Å². The molecule has 0 radical (unpaired) electrons. The molecule has 206 valence electrons. The van der Waals surface area contributed by atoms with E-state index in [0.29, 0.717) is 40.1 Å². The predicted octanol–water partition coefficient (Wildman–Crippen LogP) is 6.19. The Labute approximate surface area is 248 Å². The maximum Gasteiger partial charge on any atom is 0.294 e. The van der Waals surface area contributed by atoms with Gasteiger partial charge in [-0.2, -0.15) is 0 Å². The van der Waals surface area contributed by atoms with Crippen LogP contribution in [0.4, 0.5) is 16.2 Å². The number of imide groups is 1. The number of benzene rings is 3. The number of amides is 4. The molecule has 0 unspecified atom stereocenters. The topological polar surface area (TPSA) is 114 Å². The highest BCUT2D eigenvalue weighted by Crippen LogP contribution is 2.34. The number of halogens is 2. The van der Waals surface area contributed by atoms with Crippen LogP contribution in [-0.2, 0) is 14.4 Å². The van der Waals surface area contributed by atoms with E-state index < -0.39 is 23.6 Å². The van der Waals surface area contributed by atoms with Crippen molar-refractivity contribution in [3.63, 3.8) is 0 Å². The van der Waals surface area contributed by atoms with Crippen molar-refractivity contribution in [3.05, 3.63) is 86.7 Å². The van der Waals surface area contributed by atoms with Gasteiger partial charge in [-0.25, -0.2) is 0 Å². The molecule has 9 nitrogen and oxygen atoms in total. The molecule has 0 atom stereocenters. The molecule has 4 rings (SSSR count). The molecule has 3 aromatic carbocycles. The lowest BCUT2D eigenvalue weighted by Gasteiger charge is -2.13. The van der Waals surface area contributed by atoms with Gasteiger partial charge in [-0.05, 0) is 84.9 Å². The van der Waals surface area contributed by atoms with Crippen molar-refractivity contribution in [1.82, 2.24) is 4.90 Å². The summed E-state index contributed by atoms with van der Waals surface area (Å²) in [6.45, 7) is 1.45. The van der Waals surface area contributed by atoms with Gasteiger partial charge in [-0.3, -0.25) is 24.1 Å². The Bertz CT molecular complexity index is 1480. The smallest absolute Gasteiger partial charge is 0.294 e. The van der Waals surface area contributed by atoms with Crippen LogP contribution in [-0.4, -0.2) is 47.6 Å². The fourth-order valence-electron chi connectivity index (χ4n) is 3.57. The molecule has 40 heavy (non-hydrogen) atoms. The summed E-state index contributed by atoms with van der Waals surface area (Å²) >= 11 is 10.0. The summed E-state index contributed by atoms with van der Waals surface area (Å²) in [5.41, 5.74) is 1.66. The second-order valence-corrected chi connectivity index (χ2v) is 10.7. The number of thioether (sulfide) groups is 1. The van der Waals surface area contributed by atoms with Gasteiger partial charge in [0.1, 0.15) is 6.54 Å². The molecule has 2 N–H and O–H groups in total. The first kappa shape index (κ1) is 29.2. The number of nitrogens with zero attached hydrogens (tertiary/aromatic N) is 1. The van der Waals surface area contributed by atoms with E-state index in [4.69, 9.17) is 21.1 Å². The standard InChI is InChI=1S/C28H23BrClN3O6S/c1-2-38-23-12-17(6-11-22(23)39-16-26(35)32-21-5-3-4-19(30)14-21)13-24-27(36)33(28(37)40-24)15-25(34)31-20-9-7-18(29)8-10-20/h3-14H,2,15-16H2,1H3,(H,31,34)(H,32,35)/b24-13+. The second-order valence-electron chi connectivity index (χ2n) is 8.31. The monoisotopic (exact) mass is 643 g/mol. The number of ether oxygens (including phenoxy) is 2. The van der Waals surface area contributed by atoms with Crippen molar-refractivity contribution in [2.75, 3.05) is 30.4 Å². The molecule has 0 bridgehead atoms. The van der Waals surface area contributed by atoms with Gasteiger partial charge in [0, 0.05) is 20.9 Å². The number of hydrogen-bond acceptors (Lipinski definition) is 7. The first-order chi connectivity index (χ1) is 19.2. The van der Waals surface area contributed by atoms with Crippen molar-refractivity contribution in [3.8, 4) is 11.5 Å². The number of carbonyl (C=O) groups excluding carboxylic acids is 4. The lowest BCUT2D eigenvalue weighted by atomic mass is 10.2. The van der Waals surface area contributed by atoms with E-state index in [1.54, 1.807) is 73.7 Å². The van der Waals surface area contributed by atoms with E-state index in [2.05, 4.69) is 26.6 Å². The zero-order chi connectivity index (χ0) is 28.6. The van der Waals surface area contributed by atoms with E-state index in [1.165, 1.54) is 6.08 Å². The number of carbonyl (C=O) groups is 4. The summed E-state index contributed by atoms with van der Waals surface area (Å²) in [5, 5.41) is 5.32. The minimum Gasteiger partial charge on any atom is -0.490 e. The number of rotatable bonds is 10. The molecule has 0 aromatic heterocycles. The zero-order valence-electron chi connectivity index (χ0n) is 21.1. The summed E-state index contributed by atoms with van der Waals surface area (Å²) in [6.07, 6.45) is 1.54. The Morgan fingerprint density at radius 2 is 1.70 bits per heavy atom. The fraction of sp³-hybridized carbons (Fsp3) is 0.143. The van der Waals surface area contributed by atoms with Crippen LogP contribution < -0.4 is 20.1 Å². The Morgan fingerprint density at radius 1 is 0.950 bits per heavy atom. The molecule has 1 fully saturated rings. The van der Waals surface area contributed by atoms with Gasteiger partial charge in [0.15, 0.2) is 18.1 Å². The van der Waals surface area contributed by atoms with E-state index in [1.807, 2.05) is 0 Å². The third kappa shape index (κ3) is 7.87. The third-order valence-electron chi connectivity index (χ3n) is 5.34. The first-order valence-corrected chi connectivity index (χ1v) is 14.0. The molecule has 1 aliphatic heterocycles. The molecule has 4 amide bonds. The van der Waals surface area contributed by atoms with Gasteiger partial charge >= 0.3 is 0 Å². The lowest BCUT2D eigenvalue weighted by molar-refractivity contribution is -0.127. The lowest BCUT2D eigenvalue weighted by Crippen LogP contribution is -2.36. The van der Waals surface area contributed by atoms with Gasteiger partial charge in [-0.1, -0.05) is 39.7 Å². The highest BCUT2D eigenvalue weighted by molar-refractivity contribution is 9.10. The summed E-state index contributed by atoms with van der Waals surface area (Å²) in [6, 6.07) is 18.6. The summed E-state index contributed by atoms with van der Waals surface area (Å²) in [5.74, 6) is -0.758. The summed E-state index contributed by atoms with van der Waals surface area (Å²) in [7, 11) is 0. The highest BCUT2D eigenvalue weighted by atomic mass is 79.9. The Hall–Kier alpha value is -3.80. The van der Waals surface area contributed by atoms with Crippen LogP contribution >= 0.6 is 39.3 Å². The average Bonchev–Trinajstić information content (AvgIpc) is 3.17. The van der Waals surface area contributed by atoms with Crippen molar-refractivity contribution in [1.29, 1.82) is 0 Å². The first-order valence-electron chi connectivity index (χ1n) is 12.0. The fourth-order valence-corrected chi connectivity index (χ4v) is 4.87. The zero-order valence-corrected chi connectivity index (χ0v) is 24.3. The van der Waals surface area contributed by atoms with E-state index >= 15 is 0 Å². The van der Waals surface area contributed by atoms with Crippen LogP contribution in [0.3, 0.4) is 0 Å². The van der Waals surface area contributed by atoms with Gasteiger partial charge in [0.25, 0.3) is 17.1 Å². The second kappa shape index (κ2) is 13.5. The molecular weight excluding hydrogens is 622 g/mol. The summed E-state index contributed by atoms with van der Waals surface area (Å²) in [4.78, 5) is 51.2. The van der Waals surface area contributed by atoms with Crippen molar-refractivity contribution in [2.24, 2.45) is 0 Å². The van der Waals surface area contributed by atoms with Crippen molar-refractivity contribution >= 4 is 79.7 Å². The minimum absolute atomic E-state index is 0.165. The Balaban J connectivity index is 1.40. The van der Waals surface area contributed by atoms with Crippen LogP contribution in [0.2, 0.25) is 5.02 Å². The van der Waals surface area contributed by atoms with Gasteiger partial charge in [0.2, 0.25) is 5.91 Å². The number of anilines is 2. The molecule has 12 heteroatoms. The third-order valence-corrected chi connectivity index (χ3v) is 7.01. The quantitative estimate of drug-likeness (QED) is 0.253. The molecule has 3 aromatic rings. The maximum atomic E-state index is 12.9. The Kier molecular flexibility index (Phi) is 9.86. The normalized spacial score (nSPS) is 13.9. The van der Waals surface area contributed by atoms with Gasteiger partial charge in [0.05, 0.1) is 11.5 Å². The number of nitrogens with one attached hydrogen (secondary N) is 2. The SMILES string of the molecule is CCOc1cc(/C=C2/SC(=O)N(CC(=O)Nc3ccc(Br)cc3)C2=O)ccc1OCC(=O)Nc1cccc(Cl)c1. The van der Waals surface area contributed by atoms with Crippen molar-refractivity contribution in [2.45, 2.75) is 6.92 Å². The van der Waals surface area contributed by atoms with Gasteiger partial charge < -0.3 is 20.1 Å². The Morgan fingerprint density at radius 3 is 2.42 bits per heavy atom. The van der Waals surface area contributed by atoms with Crippen LogP contribution in [0.25, 0.3) is 6.08 Å². The molecule has 1 heterocycles. The van der Waals surface area contributed by atoms with E-state index in [0.717, 1.165) is 21.1 Å². The maximum absolute atomic E-state index is 12.9. The molecule has 1 saturated heterocycles. The number of hydrogen-bond donors (Lipinski definition) is 2. The van der Waals surface area contributed by atoms with Crippen molar-refractivity contribution < 1.29 is 28.7 Å². The van der Waals surface area contributed by atoms with Crippen LogP contribution in [0.1, 0.15) is 12.5 Å². The summed E-state index contributed by atoms with van der Waals surface area (Å²) < 4.78 is 12.2. The predicted molar refractivity (Wildman–Crippen MR) is 159 cm³/mol. The molecule has 0 saturated carbocycles. The molecule has 0 spiro atoms. The van der Waals surface area contributed by atoms with E-state index in [-0.39, 0.29) is 17.4 Å². The molecule has 1 aliphatic rings. The van der Waals surface area contributed by atoms with E-state index in [9.17, 15) is 19.2 Å². The molecule has 0 aliphatic carbocycles. The molecular formula is C28H23BrClN3O6S. The van der Waals surface area contributed by atoms with Crippen LogP contribution in [0.5, 0.6) is 11.5 Å². The van der Waals surface area contributed by atoms with Gasteiger partial charge in [-0.15, -0.1) is 0 Å². The minimum atomic E-state index is -0.572. The van der Waals surface area contributed by atoms with Crippen LogP contribution in [0.15, 0.2) is 76.1 Å².